The third-order valence-electron chi connectivity index (χ3n) is 3.46. The molecular formula is C13H18O2S. The van der Waals surface area contributed by atoms with Gasteiger partial charge in [0, 0.05) is 10.8 Å². The third kappa shape index (κ3) is 3.08. The van der Waals surface area contributed by atoms with E-state index in [1.54, 1.807) is 11.3 Å². The first-order valence-electron chi connectivity index (χ1n) is 6.01. The van der Waals surface area contributed by atoms with Crippen molar-refractivity contribution < 1.29 is 9.90 Å². The topological polar surface area (TPSA) is 37.3 Å². The molecule has 1 aromatic heterocycles. The van der Waals surface area contributed by atoms with Gasteiger partial charge in [-0.3, -0.25) is 4.79 Å². The molecule has 2 nitrogen and oxygen atoms in total. The molecule has 1 fully saturated rings. The van der Waals surface area contributed by atoms with E-state index >= 15 is 0 Å². The van der Waals surface area contributed by atoms with Crippen molar-refractivity contribution in [3.63, 3.8) is 0 Å². The van der Waals surface area contributed by atoms with Gasteiger partial charge in [0.15, 0.2) is 0 Å². The van der Waals surface area contributed by atoms with E-state index in [2.05, 4.69) is 6.07 Å². The van der Waals surface area contributed by atoms with Crippen LogP contribution < -0.4 is 0 Å². The molecule has 1 atom stereocenters. The number of hydrogen-bond donors (Lipinski definition) is 1. The molecule has 2 rings (SSSR count). The van der Waals surface area contributed by atoms with E-state index in [4.69, 9.17) is 5.11 Å². The van der Waals surface area contributed by atoms with Crippen LogP contribution in [-0.2, 0) is 4.79 Å². The van der Waals surface area contributed by atoms with Crippen LogP contribution in [0.25, 0.3) is 0 Å². The monoisotopic (exact) mass is 238 g/mol. The zero-order valence-electron chi connectivity index (χ0n) is 9.39. The van der Waals surface area contributed by atoms with E-state index in [1.807, 2.05) is 11.4 Å². The lowest BCUT2D eigenvalue weighted by atomic mass is 9.90. The Morgan fingerprint density at radius 1 is 1.50 bits per heavy atom. The van der Waals surface area contributed by atoms with Crippen molar-refractivity contribution in [1.29, 1.82) is 0 Å². The Kier molecular flexibility index (Phi) is 3.99. The Bertz CT molecular complexity index is 326. The SMILES string of the molecule is O=C(O)CC(CC1CCCC1)c1cccs1. The molecule has 0 spiro atoms. The maximum Gasteiger partial charge on any atom is 0.303 e. The molecule has 1 aromatic rings. The van der Waals surface area contributed by atoms with Gasteiger partial charge < -0.3 is 5.11 Å². The fraction of sp³-hybridized carbons (Fsp3) is 0.615. The molecule has 16 heavy (non-hydrogen) atoms. The summed E-state index contributed by atoms with van der Waals surface area (Å²) in [5.74, 6) is 0.323. The summed E-state index contributed by atoms with van der Waals surface area (Å²) in [5.41, 5.74) is 0. The van der Waals surface area contributed by atoms with Gasteiger partial charge in [0.05, 0.1) is 6.42 Å². The second-order valence-electron chi connectivity index (χ2n) is 4.70. The van der Waals surface area contributed by atoms with Crippen LogP contribution in [0.1, 0.15) is 49.3 Å². The number of aliphatic carboxylic acids is 1. The second-order valence-corrected chi connectivity index (χ2v) is 5.68. The molecule has 0 aliphatic heterocycles. The summed E-state index contributed by atoms with van der Waals surface area (Å²) in [7, 11) is 0. The molecule has 88 valence electrons. The molecule has 1 heterocycles. The first-order valence-corrected chi connectivity index (χ1v) is 6.89. The summed E-state index contributed by atoms with van der Waals surface area (Å²) >= 11 is 1.69. The lowest BCUT2D eigenvalue weighted by molar-refractivity contribution is -0.137. The minimum atomic E-state index is -0.670. The zero-order chi connectivity index (χ0) is 11.4. The third-order valence-corrected chi connectivity index (χ3v) is 4.49. The average Bonchev–Trinajstić information content (AvgIpc) is 2.88. The summed E-state index contributed by atoms with van der Waals surface area (Å²) in [6.07, 6.45) is 6.59. The predicted octanol–water partition coefficient (Wildman–Crippen LogP) is 3.89. The normalized spacial score (nSPS) is 18.8. The number of hydrogen-bond acceptors (Lipinski definition) is 2. The molecule has 0 bridgehead atoms. The van der Waals surface area contributed by atoms with Gasteiger partial charge in [-0.25, -0.2) is 0 Å². The molecular weight excluding hydrogens is 220 g/mol. The van der Waals surface area contributed by atoms with Crippen molar-refractivity contribution >= 4 is 17.3 Å². The Morgan fingerprint density at radius 2 is 2.25 bits per heavy atom. The molecule has 3 heteroatoms. The van der Waals surface area contributed by atoms with Gasteiger partial charge in [-0.2, -0.15) is 0 Å². The minimum Gasteiger partial charge on any atom is -0.481 e. The Morgan fingerprint density at radius 3 is 2.81 bits per heavy atom. The highest BCUT2D eigenvalue weighted by atomic mass is 32.1. The number of carbonyl (C=O) groups is 1. The van der Waals surface area contributed by atoms with Crippen LogP contribution in [0.4, 0.5) is 0 Å². The molecule has 0 amide bonds. The molecule has 0 aromatic carbocycles. The summed E-state index contributed by atoms with van der Waals surface area (Å²) in [6.45, 7) is 0. The zero-order valence-corrected chi connectivity index (χ0v) is 10.2. The van der Waals surface area contributed by atoms with E-state index in [9.17, 15) is 4.79 Å². The Labute approximate surface area is 100 Å². The van der Waals surface area contributed by atoms with Gasteiger partial charge >= 0.3 is 5.97 Å². The Hall–Kier alpha value is -0.830. The van der Waals surface area contributed by atoms with Crippen LogP contribution in [0.15, 0.2) is 17.5 Å². The van der Waals surface area contributed by atoms with Crippen LogP contribution in [0.5, 0.6) is 0 Å². The molecule has 1 saturated carbocycles. The molecule has 1 unspecified atom stereocenters. The quantitative estimate of drug-likeness (QED) is 0.845. The van der Waals surface area contributed by atoms with E-state index in [0.29, 0.717) is 0 Å². The Balaban J connectivity index is 1.99. The molecule has 1 aliphatic carbocycles. The van der Waals surface area contributed by atoms with Crippen LogP contribution in [-0.4, -0.2) is 11.1 Å². The molecule has 0 radical (unpaired) electrons. The van der Waals surface area contributed by atoms with Crippen LogP contribution in [0, 0.1) is 5.92 Å². The maximum absolute atomic E-state index is 10.9. The van der Waals surface area contributed by atoms with E-state index in [-0.39, 0.29) is 12.3 Å². The van der Waals surface area contributed by atoms with Gasteiger partial charge in [0.25, 0.3) is 0 Å². The standard InChI is InChI=1S/C13H18O2S/c14-13(15)9-11(12-6-3-7-16-12)8-10-4-1-2-5-10/h3,6-7,10-11H,1-2,4-5,8-9H2,(H,14,15). The van der Waals surface area contributed by atoms with Crippen LogP contribution in [0.3, 0.4) is 0 Å². The van der Waals surface area contributed by atoms with Gasteiger partial charge in [-0.15, -0.1) is 11.3 Å². The summed E-state index contributed by atoms with van der Waals surface area (Å²) in [6, 6.07) is 4.09. The molecule has 0 saturated heterocycles. The van der Waals surface area contributed by atoms with Crippen LogP contribution in [0.2, 0.25) is 0 Å². The van der Waals surface area contributed by atoms with E-state index in [0.717, 1.165) is 12.3 Å². The number of thiophene rings is 1. The van der Waals surface area contributed by atoms with Gasteiger partial charge in [0.1, 0.15) is 0 Å². The fourth-order valence-electron chi connectivity index (χ4n) is 2.68. The van der Waals surface area contributed by atoms with Gasteiger partial charge in [-0.1, -0.05) is 31.7 Å². The number of rotatable bonds is 5. The van der Waals surface area contributed by atoms with Gasteiger partial charge in [-0.05, 0) is 23.8 Å². The average molecular weight is 238 g/mol. The summed E-state index contributed by atoms with van der Waals surface area (Å²) in [4.78, 5) is 12.1. The first kappa shape index (κ1) is 11.6. The molecule has 1 N–H and O–H groups in total. The minimum absolute atomic E-state index is 0.237. The van der Waals surface area contributed by atoms with Crippen molar-refractivity contribution in [3.8, 4) is 0 Å². The highest BCUT2D eigenvalue weighted by molar-refractivity contribution is 7.10. The second kappa shape index (κ2) is 5.48. The number of carboxylic acids is 1. The summed E-state index contributed by atoms with van der Waals surface area (Å²) in [5, 5.41) is 11.0. The van der Waals surface area contributed by atoms with Crippen molar-refractivity contribution in [2.75, 3.05) is 0 Å². The predicted molar refractivity (Wildman–Crippen MR) is 65.9 cm³/mol. The fourth-order valence-corrected chi connectivity index (χ4v) is 3.53. The first-order chi connectivity index (χ1) is 7.75. The lowest BCUT2D eigenvalue weighted by Crippen LogP contribution is -2.09. The maximum atomic E-state index is 10.9. The van der Waals surface area contributed by atoms with Crippen molar-refractivity contribution in [3.05, 3.63) is 22.4 Å². The molecule has 1 aliphatic rings. The smallest absolute Gasteiger partial charge is 0.303 e. The largest absolute Gasteiger partial charge is 0.481 e. The highest BCUT2D eigenvalue weighted by Gasteiger charge is 2.23. The number of carboxylic acid groups (broad SMARTS) is 1. The van der Waals surface area contributed by atoms with Crippen LogP contribution >= 0.6 is 11.3 Å². The van der Waals surface area contributed by atoms with Crippen molar-refractivity contribution in [2.45, 2.75) is 44.4 Å². The van der Waals surface area contributed by atoms with Crippen molar-refractivity contribution in [1.82, 2.24) is 0 Å². The highest BCUT2D eigenvalue weighted by Crippen LogP contribution is 2.37. The van der Waals surface area contributed by atoms with Crippen molar-refractivity contribution in [2.24, 2.45) is 5.92 Å². The van der Waals surface area contributed by atoms with E-state index < -0.39 is 5.97 Å². The lowest BCUT2D eigenvalue weighted by Gasteiger charge is -2.17. The van der Waals surface area contributed by atoms with E-state index in [1.165, 1.54) is 30.6 Å². The van der Waals surface area contributed by atoms with Gasteiger partial charge in [0.2, 0.25) is 0 Å². The summed E-state index contributed by atoms with van der Waals surface area (Å²) < 4.78 is 0.